The van der Waals surface area contributed by atoms with Crippen molar-refractivity contribution in [3.05, 3.63) is 72.9 Å². The lowest BCUT2D eigenvalue weighted by molar-refractivity contribution is 0.431. The Bertz CT molecular complexity index is 968. The van der Waals surface area contributed by atoms with Crippen molar-refractivity contribution >= 4 is 0 Å². The Morgan fingerprint density at radius 1 is 0.875 bits per heavy atom. The van der Waals surface area contributed by atoms with Crippen molar-refractivity contribution < 1.29 is 8.91 Å². The van der Waals surface area contributed by atoms with E-state index in [9.17, 15) is 4.39 Å². The summed E-state index contributed by atoms with van der Waals surface area (Å²) in [5.74, 6) is 0.104. The topological polar surface area (TPSA) is 64.7 Å². The van der Waals surface area contributed by atoms with Gasteiger partial charge in [0.1, 0.15) is 5.82 Å². The summed E-state index contributed by atoms with van der Waals surface area (Å²) in [6, 6.07) is 13.7. The summed E-state index contributed by atoms with van der Waals surface area (Å²) >= 11 is 0. The quantitative estimate of drug-likeness (QED) is 0.571. The molecule has 0 amide bonds. The maximum atomic E-state index is 13.8. The van der Waals surface area contributed by atoms with E-state index in [1.54, 1.807) is 36.8 Å². The van der Waals surface area contributed by atoms with E-state index in [1.165, 1.54) is 6.07 Å². The van der Waals surface area contributed by atoms with Crippen LogP contribution >= 0.6 is 0 Å². The molecule has 1 aromatic carbocycles. The van der Waals surface area contributed by atoms with Gasteiger partial charge in [-0.05, 0) is 36.4 Å². The van der Waals surface area contributed by atoms with Crippen molar-refractivity contribution in [3.8, 4) is 34.1 Å². The van der Waals surface area contributed by atoms with Crippen LogP contribution in [0.5, 0.6) is 0 Å². The Labute approximate surface area is 136 Å². The van der Waals surface area contributed by atoms with E-state index in [0.29, 0.717) is 17.0 Å². The number of nitrogens with zero attached hydrogens (tertiary/aromatic N) is 4. The van der Waals surface area contributed by atoms with Gasteiger partial charge < -0.3 is 4.52 Å². The number of hydrogen-bond donors (Lipinski definition) is 0. The molecule has 0 aliphatic heterocycles. The lowest BCUT2D eigenvalue weighted by Crippen LogP contribution is -1.87. The van der Waals surface area contributed by atoms with Gasteiger partial charge in [0.2, 0.25) is 5.82 Å². The van der Waals surface area contributed by atoms with E-state index < -0.39 is 5.82 Å². The first-order chi connectivity index (χ1) is 11.8. The lowest BCUT2D eigenvalue weighted by Gasteiger charge is -2.00. The number of aromatic nitrogens is 4. The predicted octanol–water partition coefficient (Wildman–Crippen LogP) is 4.00. The molecule has 0 spiro atoms. The summed E-state index contributed by atoms with van der Waals surface area (Å²) in [6.45, 7) is 0. The molecule has 5 nitrogen and oxygen atoms in total. The molecule has 3 heterocycles. The van der Waals surface area contributed by atoms with E-state index in [2.05, 4.69) is 20.1 Å². The van der Waals surface area contributed by atoms with Crippen LogP contribution in [0.25, 0.3) is 34.1 Å². The fraction of sp³-hybridized carbons (Fsp3) is 0. The average Bonchev–Trinajstić information content (AvgIpc) is 3.13. The molecule has 0 fully saturated rings. The number of benzene rings is 1. The van der Waals surface area contributed by atoms with E-state index in [1.807, 2.05) is 24.3 Å². The Morgan fingerprint density at radius 2 is 1.79 bits per heavy atom. The van der Waals surface area contributed by atoms with Gasteiger partial charge in [-0.25, -0.2) is 4.39 Å². The van der Waals surface area contributed by atoms with Gasteiger partial charge in [-0.1, -0.05) is 17.3 Å². The Morgan fingerprint density at radius 3 is 2.54 bits per heavy atom. The van der Waals surface area contributed by atoms with Gasteiger partial charge >= 0.3 is 0 Å². The van der Waals surface area contributed by atoms with E-state index >= 15 is 0 Å². The van der Waals surface area contributed by atoms with Crippen molar-refractivity contribution in [2.24, 2.45) is 0 Å². The monoisotopic (exact) mass is 318 g/mol. The first kappa shape index (κ1) is 14.2. The molecule has 0 aliphatic rings. The first-order valence-corrected chi connectivity index (χ1v) is 7.27. The molecule has 116 valence electrons. The molecule has 6 heteroatoms. The summed E-state index contributed by atoms with van der Waals surface area (Å²) in [4.78, 5) is 12.7. The molecule has 0 atom stereocenters. The minimum absolute atomic E-state index is 0.208. The number of hydrogen-bond acceptors (Lipinski definition) is 5. The van der Waals surface area contributed by atoms with Gasteiger partial charge in [0.05, 0.1) is 16.8 Å². The van der Waals surface area contributed by atoms with Crippen LogP contribution in [0.1, 0.15) is 0 Å². The molecular weight excluding hydrogens is 307 g/mol. The van der Waals surface area contributed by atoms with Gasteiger partial charge in [-0.2, -0.15) is 4.98 Å². The van der Waals surface area contributed by atoms with Gasteiger partial charge in [0.25, 0.3) is 5.89 Å². The molecule has 4 rings (SSSR count). The van der Waals surface area contributed by atoms with Crippen LogP contribution in [0.2, 0.25) is 0 Å². The van der Waals surface area contributed by atoms with Crippen molar-refractivity contribution in [2.45, 2.75) is 0 Å². The normalized spacial score (nSPS) is 10.7. The van der Waals surface area contributed by atoms with Crippen LogP contribution in [0, 0.1) is 5.82 Å². The zero-order valence-corrected chi connectivity index (χ0v) is 12.4. The summed E-state index contributed by atoms with van der Waals surface area (Å²) in [6.07, 6.45) is 5.09. The average molecular weight is 318 g/mol. The van der Waals surface area contributed by atoms with Crippen LogP contribution in [-0.4, -0.2) is 20.1 Å². The number of pyridine rings is 2. The minimum atomic E-state index is -0.394. The number of rotatable bonds is 3. The van der Waals surface area contributed by atoms with Crippen LogP contribution in [0.3, 0.4) is 0 Å². The molecule has 0 saturated heterocycles. The van der Waals surface area contributed by atoms with E-state index in [0.717, 1.165) is 11.3 Å². The standard InChI is InChI=1S/C18H11FN4O/c19-15-6-2-1-5-14(15)17-22-18(24-23-17)13-7-8-16(21-11-13)12-4-3-9-20-10-12/h1-11H. The third-order valence-electron chi connectivity index (χ3n) is 3.51. The zero-order chi connectivity index (χ0) is 16.4. The first-order valence-electron chi connectivity index (χ1n) is 7.27. The van der Waals surface area contributed by atoms with Crippen molar-refractivity contribution in [1.29, 1.82) is 0 Å². The largest absolute Gasteiger partial charge is 0.334 e. The zero-order valence-electron chi connectivity index (χ0n) is 12.4. The van der Waals surface area contributed by atoms with Gasteiger partial charge in [-0.3, -0.25) is 9.97 Å². The second-order valence-corrected chi connectivity index (χ2v) is 5.08. The molecule has 4 aromatic rings. The molecule has 0 bridgehead atoms. The minimum Gasteiger partial charge on any atom is -0.334 e. The summed E-state index contributed by atoms with van der Waals surface area (Å²) in [5, 5.41) is 3.84. The summed E-state index contributed by atoms with van der Waals surface area (Å²) in [5.41, 5.74) is 2.67. The molecule has 24 heavy (non-hydrogen) atoms. The van der Waals surface area contributed by atoms with Crippen LogP contribution in [0.4, 0.5) is 4.39 Å². The highest BCUT2D eigenvalue weighted by Gasteiger charge is 2.14. The Kier molecular flexibility index (Phi) is 3.55. The molecule has 0 radical (unpaired) electrons. The van der Waals surface area contributed by atoms with Crippen molar-refractivity contribution in [3.63, 3.8) is 0 Å². The van der Waals surface area contributed by atoms with E-state index in [4.69, 9.17) is 4.52 Å². The van der Waals surface area contributed by atoms with Crippen molar-refractivity contribution in [2.75, 3.05) is 0 Å². The molecule has 0 N–H and O–H groups in total. The summed E-state index contributed by atoms with van der Waals surface area (Å²) in [7, 11) is 0. The van der Waals surface area contributed by atoms with Crippen LogP contribution in [-0.2, 0) is 0 Å². The molecule has 3 aromatic heterocycles. The van der Waals surface area contributed by atoms with Crippen molar-refractivity contribution in [1.82, 2.24) is 20.1 Å². The van der Waals surface area contributed by atoms with Gasteiger partial charge in [0, 0.05) is 24.2 Å². The third-order valence-corrected chi connectivity index (χ3v) is 3.51. The molecule has 0 aliphatic carbocycles. The second kappa shape index (κ2) is 6.00. The molecule has 0 unspecified atom stereocenters. The Hall–Kier alpha value is -3.41. The van der Waals surface area contributed by atoms with Gasteiger partial charge in [-0.15, -0.1) is 0 Å². The van der Waals surface area contributed by atoms with E-state index in [-0.39, 0.29) is 5.82 Å². The maximum Gasteiger partial charge on any atom is 0.259 e. The third kappa shape index (κ3) is 2.65. The highest BCUT2D eigenvalue weighted by atomic mass is 19.1. The fourth-order valence-corrected chi connectivity index (χ4v) is 2.30. The SMILES string of the molecule is Fc1ccccc1-c1noc(-c2ccc(-c3cccnc3)nc2)n1. The molecular formula is C18H11FN4O. The Balaban J connectivity index is 1.65. The van der Waals surface area contributed by atoms with Gasteiger partial charge in [0.15, 0.2) is 0 Å². The summed E-state index contributed by atoms with van der Waals surface area (Å²) < 4.78 is 19.0. The van der Waals surface area contributed by atoms with Crippen LogP contribution < -0.4 is 0 Å². The molecule has 0 saturated carbocycles. The number of halogens is 1. The maximum absolute atomic E-state index is 13.8. The lowest BCUT2D eigenvalue weighted by atomic mass is 10.1. The highest BCUT2D eigenvalue weighted by molar-refractivity contribution is 5.63. The predicted molar refractivity (Wildman–Crippen MR) is 86.2 cm³/mol. The fourth-order valence-electron chi connectivity index (χ4n) is 2.30. The second-order valence-electron chi connectivity index (χ2n) is 5.08. The smallest absolute Gasteiger partial charge is 0.259 e. The van der Waals surface area contributed by atoms with Crippen LogP contribution in [0.15, 0.2) is 71.6 Å². The highest BCUT2D eigenvalue weighted by Crippen LogP contribution is 2.25.